The molecule has 1 rings (SSSR count). The van der Waals surface area contributed by atoms with Gasteiger partial charge in [0.1, 0.15) is 0 Å². The second kappa shape index (κ2) is 4.83. The third kappa shape index (κ3) is 3.55. The average molecular weight is 171 g/mol. The molecule has 0 bridgehead atoms. The molecule has 0 aliphatic heterocycles. The van der Waals surface area contributed by atoms with Crippen molar-refractivity contribution in [2.24, 2.45) is 5.92 Å². The molecule has 1 aliphatic rings. The molecule has 2 N–H and O–H groups in total. The Morgan fingerprint density at radius 2 is 2.17 bits per heavy atom. The lowest BCUT2D eigenvalue weighted by atomic mass is 10.1. The van der Waals surface area contributed by atoms with Gasteiger partial charge in [0.05, 0.1) is 6.10 Å². The van der Waals surface area contributed by atoms with Crippen LogP contribution in [0.4, 0.5) is 0 Å². The van der Waals surface area contributed by atoms with E-state index in [1.165, 1.54) is 25.7 Å². The first-order chi connectivity index (χ1) is 5.74. The van der Waals surface area contributed by atoms with Crippen molar-refractivity contribution in [3.8, 4) is 0 Å². The van der Waals surface area contributed by atoms with Crippen LogP contribution in [0.1, 0.15) is 39.5 Å². The maximum atomic E-state index is 9.54. The van der Waals surface area contributed by atoms with E-state index in [2.05, 4.69) is 19.2 Å². The molecule has 2 nitrogen and oxygen atoms in total. The van der Waals surface area contributed by atoms with Gasteiger partial charge in [0.25, 0.3) is 0 Å². The van der Waals surface area contributed by atoms with E-state index in [1.54, 1.807) is 0 Å². The first kappa shape index (κ1) is 10.0. The predicted molar refractivity (Wildman–Crippen MR) is 51.1 cm³/mol. The summed E-state index contributed by atoms with van der Waals surface area (Å²) in [6.45, 7) is 5.16. The summed E-state index contributed by atoms with van der Waals surface area (Å²) in [5.74, 6) is 0.603. The minimum Gasteiger partial charge on any atom is -0.392 e. The van der Waals surface area contributed by atoms with Gasteiger partial charge < -0.3 is 10.4 Å². The van der Waals surface area contributed by atoms with E-state index in [0.29, 0.717) is 12.0 Å². The van der Waals surface area contributed by atoms with Gasteiger partial charge in [-0.1, -0.05) is 13.3 Å². The summed E-state index contributed by atoms with van der Waals surface area (Å²) in [4.78, 5) is 0. The van der Waals surface area contributed by atoms with Crippen molar-refractivity contribution in [3.63, 3.8) is 0 Å². The Bertz CT molecular complexity index is 123. The molecule has 2 heteroatoms. The maximum absolute atomic E-state index is 9.54. The Morgan fingerprint density at radius 1 is 1.50 bits per heavy atom. The van der Waals surface area contributed by atoms with E-state index in [9.17, 15) is 5.11 Å². The molecule has 0 aromatic rings. The summed E-state index contributed by atoms with van der Waals surface area (Å²) >= 11 is 0. The molecule has 0 radical (unpaired) electrons. The summed E-state index contributed by atoms with van der Waals surface area (Å²) in [6, 6.07) is 0.559. The SMILES string of the molecule is CCCC(C)NCC(O)C1CC1. The minimum absolute atomic E-state index is 0.0932. The van der Waals surface area contributed by atoms with Crippen molar-refractivity contribution >= 4 is 0 Å². The molecule has 2 atom stereocenters. The van der Waals surface area contributed by atoms with Crippen molar-refractivity contribution in [3.05, 3.63) is 0 Å². The summed E-state index contributed by atoms with van der Waals surface area (Å²) in [7, 11) is 0. The molecular formula is C10H21NO. The molecule has 1 saturated carbocycles. The Labute approximate surface area is 75.4 Å². The zero-order chi connectivity index (χ0) is 8.97. The fraction of sp³-hybridized carbons (Fsp3) is 1.00. The molecule has 0 spiro atoms. The van der Waals surface area contributed by atoms with Crippen molar-refractivity contribution in [1.29, 1.82) is 0 Å². The first-order valence-electron chi connectivity index (χ1n) is 5.15. The van der Waals surface area contributed by atoms with Crippen LogP contribution >= 0.6 is 0 Å². The summed E-state index contributed by atoms with van der Waals surface area (Å²) in [5, 5.41) is 12.9. The van der Waals surface area contributed by atoms with Crippen molar-refractivity contribution < 1.29 is 5.11 Å². The van der Waals surface area contributed by atoms with Gasteiger partial charge in [-0.15, -0.1) is 0 Å². The Balaban J connectivity index is 1.99. The van der Waals surface area contributed by atoms with Crippen LogP contribution in [-0.2, 0) is 0 Å². The molecule has 1 aliphatic carbocycles. The van der Waals surface area contributed by atoms with Gasteiger partial charge in [0.2, 0.25) is 0 Å². The monoisotopic (exact) mass is 171 g/mol. The maximum Gasteiger partial charge on any atom is 0.0692 e. The lowest BCUT2D eigenvalue weighted by Crippen LogP contribution is -2.34. The number of rotatable bonds is 6. The van der Waals surface area contributed by atoms with E-state index in [0.717, 1.165) is 6.54 Å². The van der Waals surface area contributed by atoms with Crippen LogP contribution in [-0.4, -0.2) is 23.8 Å². The standard InChI is InChI=1S/C10H21NO/c1-3-4-8(2)11-7-10(12)9-5-6-9/h8-12H,3-7H2,1-2H3. The van der Waals surface area contributed by atoms with E-state index < -0.39 is 0 Å². The van der Waals surface area contributed by atoms with Crippen LogP contribution in [0.5, 0.6) is 0 Å². The molecule has 1 fully saturated rings. The number of hydrogen-bond donors (Lipinski definition) is 2. The van der Waals surface area contributed by atoms with E-state index in [4.69, 9.17) is 0 Å². The molecule has 12 heavy (non-hydrogen) atoms. The third-order valence-electron chi connectivity index (χ3n) is 2.56. The first-order valence-corrected chi connectivity index (χ1v) is 5.15. The fourth-order valence-corrected chi connectivity index (χ4v) is 1.50. The third-order valence-corrected chi connectivity index (χ3v) is 2.56. The summed E-state index contributed by atoms with van der Waals surface area (Å²) < 4.78 is 0. The molecule has 2 unspecified atom stereocenters. The van der Waals surface area contributed by atoms with Crippen molar-refractivity contribution in [2.75, 3.05) is 6.54 Å². The fourth-order valence-electron chi connectivity index (χ4n) is 1.50. The second-order valence-corrected chi connectivity index (χ2v) is 4.00. The summed E-state index contributed by atoms with van der Waals surface area (Å²) in [5.41, 5.74) is 0. The Morgan fingerprint density at radius 3 is 2.67 bits per heavy atom. The normalized spacial score (nSPS) is 22.2. The second-order valence-electron chi connectivity index (χ2n) is 4.00. The largest absolute Gasteiger partial charge is 0.392 e. The lowest BCUT2D eigenvalue weighted by Gasteiger charge is -2.15. The topological polar surface area (TPSA) is 32.3 Å². The zero-order valence-electron chi connectivity index (χ0n) is 8.21. The molecular weight excluding hydrogens is 150 g/mol. The number of aliphatic hydroxyl groups is 1. The number of hydrogen-bond acceptors (Lipinski definition) is 2. The molecule has 0 amide bonds. The molecule has 0 aromatic carbocycles. The van der Waals surface area contributed by atoms with Gasteiger partial charge in [-0.05, 0) is 32.1 Å². The van der Waals surface area contributed by atoms with Crippen molar-refractivity contribution in [1.82, 2.24) is 5.32 Å². The average Bonchev–Trinajstić information content (AvgIpc) is 2.83. The molecule has 72 valence electrons. The Kier molecular flexibility index (Phi) is 4.02. The highest BCUT2D eigenvalue weighted by Gasteiger charge is 2.29. The van der Waals surface area contributed by atoms with Crippen LogP contribution in [0.3, 0.4) is 0 Å². The molecule has 0 saturated heterocycles. The van der Waals surface area contributed by atoms with Crippen molar-refractivity contribution in [2.45, 2.75) is 51.7 Å². The number of nitrogens with one attached hydrogen (secondary N) is 1. The summed E-state index contributed by atoms with van der Waals surface area (Å²) in [6.07, 6.45) is 4.78. The smallest absolute Gasteiger partial charge is 0.0692 e. The van der Waals surface area contributed by atoms with Crippen LogP contribution in [0.25, 0.3) is 0 Å². The highest BCUT2D eigenvalue weighted by molar-refractivity contribution is 4.82. The van der Waals surface area contributed by atoms with Crippen LogP contribution in [0, 0.1) is 5.92 Å². The van der Waals surface area contributed by atoms with Crippen LogP contribution in [0.2, 0.25) is 0 Å². The number of aliphatic hydroxyl groups excluding tert-OH is 1. The van der Waals surface area contributed by atoms with Crippen LogP contribution < -0.4 is 5.32 Å². The van der Waals surface area contributed by atoms with E-state index in [1.807, 2.05) is 0 Å². The highest BCUT2D eigenvalue weighted by atomic mass is 16.3. The van der Waals surface area contributed by atoms with Gasteiger partial charge in [0, 0.05) is 12.6 Å². The predicted octanol–water partition coefficient (Wildman–Crippen LogP) is 1.54. The van der Waals surface area contributed by atoms with Gasteiger partial charge >= 0.3 is 0 Å². The van der Waals surface area contributed by atoms with Crippen LogP contribution in [0.15, 0.2) is 0 Å². The Hall–Kier alpha value is -0.0800. The lowest BCUT2D eigenvalue weighted by molar-refractivity contribution is 0.145. The zero-order valence-corrected chi connectivity index (χ0v) is 8.21. The molecule has 0 heterocycles. The van der Waals surface area contributed by atoms with Gasteiger partial charge in [-0.3, -0.25) is 0 Å². The van der Waals surface area contributed by atoms with Gasteiger partial charge in [0.15, 0.2) is 0 Å². The van der Waals surface area contributed by atoms with E-state index >= 15 is 0 Å². The van der Waals surface area contributed by atoms with Gasteiger partial charge in [-0.2, -0.15) is 0 Å². The minimum atomic E-state index is -0.0932. The van der Waals surface area contributed by atoms with E-state index in [-0.39, 0.29) is 6.10 Å². The molecule has 0 aromatic heterocycles. The van der Waals surface area contributed by atoms with Gasteiger partial charge in [-0.25, -0.2) is 0 Å². The highest BCUT2D eigenvalue weighted by Crippen LogP contribution is 2.32. The quantitative estimate of drug-likeness (QED) is 0.635.